The molecule has 2 heterocycles. The van der Waals surface area contributed by atoms with E-state index in [9.17, 15) is 4.79 Å². The van der Waals surface area contributed by atoms with Crippen LogP contribution in [-0.2, 0) is 14.1 Å². The van der Waals surface area contributed by atoms with Gasteiger partial charge in [-0.1, -0.05) is 36.0 Å². The summed E-state index contributed by atoms with van der Waals surface area (Å²) < 4.78 is 12.5. The van der Waals surface area contributed by atoms with Crippen LogP contribution in [0.1, 0.15) is 45.7 Å². The minimum atomic E-state index is -0.472. The van der Waals surface area contributed by atoms with Gasteiger partial charge >= 0.3 is 7.12 Å². The number of hydrogen-bond acceptors (Lipinski definition) is 5. The van der Waals surface area contributed by atoms with Gasteiger partial charge in [-0.3, -0.25) is 9.78 Å². The molecule has 0 unspecified atom stereocenters. The Kier molecular flexibility index (Phi) is 5.53. The van der Waals surface area contributed by atoms with Gasteiger partial charge in [0.05, 0.1) is 16.7 Å². The van der Waals surface area contributed by atoms with Crippen molar-refractivity contribution in [3.05, 3.63) is 47.1 Å². The zero-order chi connectivity index (χ0) is 19.8. The van der Waals surface area contributed by atoms with E-state index < -0.39 is 18.3 Å². The lowest BCUT2D eigenvalue weighted by molar-refractivity contribution is -0.109. The number of thioether (sulfide) groups is 1. The molecule has 0 atom stereocenters. The summed E-state index contributed by atoms with van der Waals surface area (Å²) in [6.07, 6.45) is 3.89. The summed E-state index contributed by atoms with van der Waals surface area (Å²) in [4.78, 5) is 16.1. The van der Waals surface area contributed by atoms with Gasteiger partial charge in [-0.05, 0) is 57.3 Å². The van der Waals surface area contributed by atoms with E-state index in [2.05, 4.69) is 36.2 Å². The van der Waals surface area contributed by atoms with Gasteiger partial charge in [0.2, 0.25) is 0 Å². The summed E-state index contributed by atoms with van der Waals surface area (Å²) >= 11 is 1.27. The Morgan fingerprint density at radius 1 is 1.19 bits per heavy atom. The number of fused-ring (bicyclic) bond motifs is 1. The Morgan fingerprint density at radius 3 is 2.48 bits per heavy atom. The fourth-order valence-corrected chi connectivity index (χ4v) is 3.61. The lowest BCUT2D eigenvalue weighted by Gasteiger charge is -2.32. The highest BCUT2D eigenvalue weighted by atomic mass is 32.2. The maximum atomic E-state index is 11.6. The maximum Gasteiger partial charge on any atom is 0.491 e. The molecule has 6 heteroatoms. The van der Waals surface area contributed by atoms with Gasteiger partial charge in [-0.2, -0.15) is 0 Å². The molecule has 0 aliphatic carbocycles. The first kappa shape index (κ1) is 20.1. The van der Waals surface area contributed by atoms with Crippen LogP contribution in [0.4, 0.5) is 0 Å². The smallest absolute Gasteiger partial charge is 0.400 e. The van der Waals surface area contributed by atoms with Crippen LogP contribution in [0, 0.1) is 6.92 Å². The molecule has 0 bridgehead atoms. The quantitative estimate of drug-likeness (QED) is 0.708. The van der Waals surface area contributed by atoms with Crippen LogP contribution in [0.5, 0.6) is 0 Å². The number of carbonyl (C=O) groups is 1. The van der Waals surface area contributed by atoms with Gasteiger partial charge in [0.1, 0.15) is 0 Å². The number of pyridine rings is 1. The largest absolute Gasteiger partial charge is 0.491 e. The predicted octanol–water partition coefficient (Wildman–Crippen LogP) is 4.84. The minimum Gasteiger partial charge on any atom is -0.400 e. The highest BCUT2D eigenvalue weighted by Gasteiger charge is 2.52. The summed E-state index contributed by atoms with van der Waals surface area (Å²) in [5, 5.41) is 1.19. The molecule has 0 N–H and O–H groups in total. The first-order valence-electron chi connectivity index (χ1n) is 9.14. The fourth-order valence-electron chi connectivity index (χ4n) is 3.02. The second kappa shape index (κ2) is 7.42. The molecule has 0 saturated carbocycles. The van der Waals surface area contributed by atoms with Gasteiger partial charge in [0, 0.05) is 24.3 Å². The summed E-state index contributed by atoms with van der Waals surface area (Å²) in [7, 11) is -0.472. The Bertz CT molecular complexity index is 891. The van der Waals surface area contributed by atoms with Crippen LogP contribution in [-0.4, -0.2) is 34.2 Å². The second-order valence-corrected chi connectivity index (χ2v) is 9.09. The molecule has 0 spiro atoms. The van der Waals surface area contributed by atoms with Crippen molar-refractivity contribution < 1.29 is 14.1 Å². The van der Waals surface area contributed by atoms with Crippen molar-refractivity contribution in [2.45, 2.75) is 52.7 Å². The molecular weight excluding hydrogens is 357 g/mol. The van der Waals surface area contributed by atoms with Gasteiger partial charge in [0.25, 0.3) is 0 Å². The normalized spacial score (nSPS) is 18.9. The van der Waals surface area contributed by atoms with Crippen molar-refractivity contribution in [1.82, 2.24) is 4.98 Å². The van der Waals surface area contributed by atoms with E-state index in [0.717, 1.165) is 27.5 Å². The van der Waals surface area contributed by atoms with Gasteiger partial charge in [-0.15, -0.1) is 0 Å². The summed E-state index contributed by atoms with van der Waals surface area (Å²) in [6, 6.07) is 8.16. The molecule has 1 aromatic heterocycles. The highest BCUT2D eigenvalue weighted by Crippen LogP contribution is 2.39. The molecule has 3 rings (SSSR count). The second-order valence-electron chi connectivity index (χ2n) is 7.94. The number of rotatable bonds is 4. The molecule has 0 radical (unpaired) electrons. The Balaban J connectivity index is 2.01. The van der Waals surface area contributed by atoms with Crippen molar-refractivity contribution >= 4 is 41.0 Å². The van der Waals surface area contributed by atoms with E-state index in [1.807, 2.05) is 40.0 Å². The Morgan fingerprint density at radius 2 is 1.85 bits per heavy atom. The molecule has 1 aliphatic heterocycles. The van der Waals surface area contributed by atoms with E-state index in [-0.39, 0.29) is 5.12 Å². The van der Waals surface area contributed by atoms with Gasteiger partial charge in [-0.25, -0.2) is 0 Å². The molecule has 27 heavy (non-hydrogen) atoms. The van der Waals surface area contributed by atoms with Crippen LogP contribution in [0.2, 0.25) is 0 Å². The lowest BCUT2D eigenvalue weighted by atomic mass is 9.78. The molecule has 142 valence electrons. The summed E-state index contributed by atoms with van der Waals surface area (Å²) in [5.41, 5.74) is 3.27. The van der Waals surface area contributed by atoms with E-state index in [0.29, 0.717) is 5.75 Å². The first-order chi connectivity index (χ1) is 12.6. The van der Waals surface area contributed by atoms with Gasteiger partial charge < -0.3 is 9.31 Å². The molecule has 0 amide bonds. The number of hydrogen-bond donors (Lipinski definition) is 0. The van der Waals surface area contributed by atoms with Crippen molar-refractivity contribution in [1.29, 1.82) is 0 Å². The SMILES string of the molecule is CC(=O)SCC(=Cc1ccc2cccnc2c1C)B1OC(C)(C)C(C)(C)O1. The zero-order valence-corrected chi connectivity index (χ0v) is 17.6. The molecule has 1 saturated heterocycles. The number of aromatic nitrogens is 1. The molecule has 4 nitrogen and oxygen atoms in total. The van der Waals surface area contributed by atoms with E-state index in [1.54, 1.807) is 6.92 Å². The summed E-state index contributed by atoms with van der Waals surface area (Å²) in [5.74, 6) is 0.534. The Hall–Kier alpha value is -1.63. The first-order valence-corrected chi connectivity index (χ1v) is 10.1. The maximum absolute atomic E-state index is 11.6. The Labute approximate surface area is 165 Å². The minimum absolute atomic E-state index is 0.0781. The number of carbonyl (C=O) groups excluding carboxylic acids is 1. The van der Waals surface area contributed by atoms with Crippen LogP contribution < -0.4 is 0 Å². The number of nitrogens with zero attached hydrogens (tertiary/aromatic N) is 1. The van der Waals surface area contributed by atoms with Crippen molar-refractivity contribution in [2.24, 2.45) is 0 Å². The molecule has 1 aliphatic rings. The standard InChI is InChI=1S/C21H26BNO3S/c1-14-17(10-9-16-8-7-11-23-19(14)16)12-18(13-27-15(2)24)22-25-20(3,4)21(5,6)26-22/h7-12H,13H2,1-6H3. The molecule has 2 aromatic rings. The van der Waals surface area contributed by atoms with Crippen LogP contribution in [0.25, 0.3) is 17.0 Å². The van der Waals surface area contributed by atoms with Crippen molar-refractivity contribution in [3.63, 3.8) is 0 Å². The van der Waals surface area contributed by atoms with Crippen molar-refractivity contribution in [2.75, 3.05) is 5.75 Å². The third kappa shape index (κ3) is 4.13. The number of aryl methyl sites for hydroxylation is 1. The molecule has 1 fully saturated rings. The lowest BCUT2D eigenvalue weighted by Crippen LogP contribution is -2.41. The molecular formula is C21H26BNO3S. The third-order valence-corrected chi connectivity index (χ3v) is 6.29. The molecule has 1 aromatic carbocycles. The predicted molar refractivity (Wildman–Crippen MR) is 114 cm³/mol. The third-order valence-electron chi connectivity index (χ3n) is 5.41. The topological polar surface area (TPSA) is 48.4 Å². The van der Waals surface area contributed by atoms with E-state index >= 15 is 0 Å². The van der Waals surface area contributed by atoms with E-state index in [4.69, 9.17) is 9.31 Å². The zero-order valence-electron chi connectivity index (χ0n) is 16.8. The fraction of sp³-hybridized carbons (Fsp3) is 0.429. The average molecular weight is 383 g/mol. The summed E-state index contributed by atoms with van der Waals surface area (Å²) in [6.45, 7) is 11.8. The van der Waals surface area contributed by atoms with E-state index in [1.165, 1.54) is 11.8 Å². The van der Waals surface area contributed by atoms with Crippen LogP contribution >= 0.6 is 11.8 Å². The highest BCUT2D eigenvalue weighted by molar-refractivity contribution is 8.13. The monoisotopic (exact) mass is 383 g/mol. The van der Waals surface area contributed by atoms with Crippen molar-refractivity contribution in [3.8, 4) is 0 Å². The van der Waals surface area contributed by atoms with Crippen LogP contribution in [0.3, 0.4) is 0 Å². The van der Waals surface area contributed by atoms with Gasteiger partial charge in [0.15, 0.2) is 5.12 Å². The average Bonchev–Trinajstić information content (AvgIpc) is 2.81. The van der Waals surface area contributed by atoms with Crippen LogP contribution in [0.15, 0.2) is 35.9 Å². The number of benzene rings is 1.